The zero-order chi connectivity index (χ0) is 13.3. The molecule has 1 aliphatic carbocycles. The minimum atomic E-state index is -0.685. The number of carbonyl (C=O) groups is 1. The van der Waals surface area contributed by atoms with Gasteiger partial charge in [0.05, 0.1) is 5.41 Å². The van der Waals surface area contributed by atoms with Crippen molar-refractivity contribution in [3.8, 4) is 0 Å². The summed E-state index contributed by atoms with van der Waals surface area (Å²) in [6, 6.07) is 8.22. The van der Waals surface area contributed by atoms with Crippen molar-refractivity contribution in [2.45, 2.75) is 38.6 Å². The molecule has 3 nitrogen and oxygen atoms in total. The third kappa shape index (κ3) is 2.15. The summed E-state index contributed by atoms with van der Waals surface area (Å²) in [4.78, 5) is 11.4. The number of benzene rings is 1. The van der Waals surface area contributed by atoms with Gasteiger partial charge in [0.25, 0.3) is 0 Å². The summed E-state index contributed by atoms with van der Waals surface area (Å²) in [5, 5.41) is 12.5. The number of rotatable bonds is 5. The van der Waals surface area contributed by atoms with Gasteiger partial charge in [0, 0.05) is 6.04 Å². The van der Waals surface area contributed by atoms with Crippen LogP contribution in [0.4, 0.5) is 0 Å². The van der Waals surface area contributed by atoms with Gasteiger partial charge in [-0.25, -0.2) is 0 Å². The lowest BCUT2D eigenvalue weighted by molar-refractivity contribution is -0.144. The van der Waals surface area contributed by atoms with Crippen LogP contribution in [0.25, 0.3) is 0 Å². The Hall–Kier alpha value is -1.35. The van der Waals surface area contributed by atoms with Gasteiger partial charge in [-0.15, -0.1) is 0 Å². The standard InChI is InChI=1S/C15H21NO2/c1-10(2)11-4-6-12(7-5-11)13(16-3)15(8-9-15)14(17)18/h4-7,10,13,16H,8-9H2,1-3H3,(H,17,18). The van der Waals surface area contributed by atoms with Crippen LogP contribution in [0.2, 0.25) is 0 Å². The second-order valence-corrected chi connectivity index (χ2v) is 5.50. The topological polar surface area (TPSA) is 49.3 Å². The Balaban J connectivity index is 2.26. The van der Waals surface area contributed by atoms with Gasteiger partial charge in [0.1, 0.15) is 0 Å². The fourth-order valence-corrected chi connectivity index (χ4v) is 2.60. The van der Waals surface area contributed by atoms with E-state index in [2.05, 4.69) is 43.4 Å². The average Bonchev–Trinajstić information content (AvgIpc) is 3.12. The van der Waals surface area contributed by atoms with Crippen molar-refractivity contribution in [2.24, 2.45) is 5.41 Å². The van der Waals surface area contributed by atoms with Crippen molar-refractivity contribution < 1.29 is 9.90 Å². The number of hydrogen-bond acceptors (Lipinski definition) is 2. The van der Waals surface area contributed by atoms with E-state index in [0.29, 0.717) is 5.92 Å². The lowest BCUT2D eigenvalue weighted by Gasteiger charge is -2.24. The maximum absolute atomic E-state index is 11.4. The summed E-state index contributed by atoms with van der Waals surface area (Å²) in [5.41, 5.74) is 1.77. The minimum absolute atomic E-state index is 0.0868. The van der Waals surface area contributed by atoms with Crippen LogP contribution < -0.4 is 5.32 Å². The van der Waals surface area contributed by atoms with E-state index in [-0.39, 0.29) is 6.04 Å². The van der Waals surface area contributed by atoms with Gasteiger partial charge in [0.15, 0.2) is 0 Å². The molecule has 0 spiro atoms. The van der Waals surface area contributed by atoms with Crippen LogP contribution in [0, 0.1) is 5.41 Å². The molecular formula is C15H21NO2. The van der Waals surface area contributed by atoms with E-state index in [1.165, 1.54) is 5.56 Å². The molecule has 1 aromatic carbocycles. The maximum Gasteiger partial charge on any atom is 0.311 e. The van der Waals surface area contributed by atoms with E-state index in [1.54, 1.807) is 0 Å². The summed E-state index contributed by atoms with van der Waals surface area (Å²) < 4.78 is 0. The molecule has 0 bridgehead atoms. The molecule has 0 aromatic heterocycles. The Bertz CT molecular complexity index is 432. The van der Waals surface area contributed by atoms with Gasteiger partial charge >= 0.3 is 5.97 Å². The first-order chi connectivity index (χ1) is 8.51. The SMILES string of the molecule is CNC(c1ccc(C(C)C)cc1)C1(C(=O)O)CC1. The number of aliphatic carboxylic acids is 1. The summed E-state index contributed by atoms with van der Waals surface area (Å²) in [6.07, 6.45) is 1.53. The number of carboxylic acids is 1. The van der Waals surface area contributed by atoms with E-state index in [1.807, 2.05) is 7.05 Å². The first-order valence-corrected chi connectivity index (χ1v) is 6.52. The molecule has 3 heteroatoms. The molecular weight excluding hydrogens is 226 g/mol. The zero-order valence-corrected chi connectivity index (χ0v) is 11.2. The molecule has 18 heavy (non-hydrogen) atoms. The van der Waals surface area contributed by atoms with Crippen molar-refractivity contribution in [3.63, 3.8) is 0 Å². The predicted molar refractivity (Wildman–Crippen MR) is 71.6 cm³/mol. The molecule has 0 saturated heterocycles. The normalized spacial score (nSPS) is 18.7. The lowest BCUT2D eigenvalue weighted by atomic mass is 9.89. The fraction of sp³-hybridized carbons (Fsp3) is 0.533. The van der Waals surface area contributed by atoms with Crippen molar-refractivity contribution in [2.75, 3.05) is 7.05 Å². The Morgan fingerprint density at radius 1 is 1.22 bits per heavy atom. The Labute approximate surface area is 108 Å². The Morgan fingerprint density at radius 3 is 2.06 bits per heavy atom. The van der Waals surface area contributed by atoms with Gasteiger partial charge in [-0.05, 0) is 36.9 Å². The van der Waals surface area contributed by atoms with E-state index in [9.17, 15) is 9.90 Å². The Kier molecular flexibility index (Phi) is 3.44. The van der Waals surface area contributed by atoms with Crippen LogP contribution in [0.1, 0.15) is 49.8 Å². The van der Waals surface area contributed by atoms with Gasteiger partial charge in [-0.3, -0.25) is 4.79 Å². The molecule has 0 amide bonds. The van der Waals surface area contributed by atoms with Crippen LogP contribution in [-0.2, 0) is 4.79 Å². The zero-order valence-electron chi connectivity index (χ0n) is 11.2. The van der Waals surface area contributed by atoms with Crippen LogP contribution in [0.15, 0.2) is 24.3 Å². The Morgan fingerprint density at radius 2 is 1.72 bits per heavy atom. The molecule has 98 valence electrons. The van der Waals surface area contributed by atoms with E-state index in [4.69, 9.17) is 0 Å². The van der Waals surface area contributed by atoms with Crippen LogP contribution in [0.5, 0.6) is 0 Å². The summed E-state index contributed by atoms with van der Waals surface area (Å²) in [5.74, 6) is -0.184. The first kappa shape index (κ1) is 13.1. The van der Waals surface area contributed by atoms with E-state index in [0.717, 1.165) is 18.4 Å². The summed E-state index contributed by atoms with van der Waals surface area (Å²) >= 11 is 0. The highest BCUT2D eigenvalue weighted by Gasteiger charge is 2.56. The minimum Gasteiger partial charge on any atom is -0.481 e. The third-order valence-corrected chi connectivity index (χ3v) is 3.99. The second-order valence-electron chi connectivity index (χ2n) is 5.50. The highest BCUT2D eigenvalue weighted by Crippen LogP contribution is 2.55. The maximum atomic E-state index is 11.4. The van der Waals surface area contributed by atoms with E-state index < -0.39 is 11.4 Å². The first-order valence-electron chi connectivity index (χ1n) is 6.52. The molecule has 1 atom stereocenters. The van der Waals surface area contributed by atoms with Crippen LogP contribution >= 0.6 is 0 Å². The van der Waals surface area contributed by atoms with Gasteiger partial charge in [0.2, 0.25) is 0 Å². The molecule has 0 radical (unpaired) electrons. The van der Waals surface area contributed by atoms with Crippen molar-refractivity contribution in [1.29, 1.82) is 0 Å². The van der Waals surface area contributed by atoms with Crippen molar-refractivity contribution in [3.05, 3.63) is 35.4 Å². The average molecular weight is 247 g/mol. The third-order valence-electron chi connectivity index (χ3n) is 3.99. The van der Waals surface area contributed by atoms with Crippen molar-refractivity contribution >= 4 is 5.97 Å². The molecule has 1 fully saturated rings. The van der Waals surface area contributed by atoms with Gasteiger partial charge in [-0.1, -0.05) is 38.1 Å². The number of hydrogen-bond donors (Lipinski definition) is 2. The molecule has 1 unspecified atom stereocenters. The molecule has 2 rings (SSSR count). The molecule has 0 aliphatic heterocycles. The summed E-state index contributed by atoms with van der Waals surface area (Å²) in [7, 11) is 1.84. The van der Waals surface area contributed by atoms with E-state index >= 15 is 0 Å². The van der Waals surface area contributed by atoms with Gasteiger partial charge in [-0.2, -0.15) is 0 Å². The predicted octanol–water partition coefficient (Wildman–Crippen LogP) is 2.94. The highest BCUT2D eigenvalue weighted by molar-refractivity contribution is 5.79. The fourth-order valence-electron chi connectivity index (χ4n) is 2.60. The highest BCUT2D eigenvalue weighted by atomic mass is 16.4. The van der Waals surface area contributed by atoms with Crippen molar-refractivity contribution in [1.82, 2.24) is 5.32 Å². The smallest absolute Gasteiger partial charge is 0.311 e. The number of nitrogens with one attached hydrogen (secondary N) is 1. The van der Waals surface area contributed by atoms with Gasteiger partial charge < -0.3 is 10.4 Å². The molecule has 1 aliphatic rings. The summed E-state index contributed by atoms with van der Waals surface area (Å²) in [6.45, 7) is 4.31. The van der Waals surface area contributed by atoms with Crippen LogP contribution in [0.3, 0.4) is 0 Å². The largest absolute Gasteiger partial charge is 0.481 e. The van der Waals surface area contributed by atoms with Crippen LogP contribution in [-0.4, -0.2) is 18.1 Å². The number of carboxylic acid groups (broad SMARTS) is 1. The molecule has 2 N–H and O–H groups in total. The quantitative estimate of drug-likeness (QED) is 0.841. The molecule has 0 heterocycles. The monoisotopic (exact) mass is 247 g/mol. The second kappa shape index (κ2) is 4.73. The molecule has 1 aromatic rings. The molecule has 1 saturated carbocycles. The lowest BCUT2D eigenvalue weighted by Crippen LogP contribution is -2.32.